The highest BCUT2D eigenvalue weighted by molar-refractivity contribution is 4.99. The molecule has 0 atom stereocenters. The van der Waals surface area contributed by atoms with Crippen LogP contribution >= 0.6 is 0 Å². The Kier molecular flexibility index (Phi) is 10.3. The molecule has 0 aliphatic heterocycles. The van der Waals surface area contributed by atoms with Gasteiger partial charge in [-0.3, -0.25) is 0 Å². The van der Waals surface area contributed by atoms with Crippen molar-refractivity contribution in [3.63, 3.8) is 0 Å². The van der Waals surface area contributed by atoms with Crippen molar-refractivity contribution in [1.29, 1.82) is 0 Å². The fraction of sp³-hybridized carbons (Fsp3) is 0.400. The Labute approximate surface area is 79.0 Å². The summed E-state index contributed by atoms with van der Waals surface area (Å²) in [6.45, 7) is 1.42. The normalized spacial score (nSPS) is 8.77. The summed E-state index contributed by atoms with van der Waals surface area (Å²) in [4.78, 5) is 0. The van der Waals surface area contributed by atoms with E-state index in [0.29, 0.717) is 13.1 Å². The first-order valence-corrected chi connectivity index (χ1v) is 4.34. The van der Waals surface area contributed by atoms with Crippen molar-refractivity contribution >= 4 is 0 Å². The van der Waals surface area contributed by atoms with Crippen molar-refractivity contribution in [3.05, 3.63) is 36.4 Å². The molecule has 0 fully saturated rings. The molecule has 0 heterocycles. The maximum Gasteiger partial charge on any atom is 0.0555 e. The second kappa shape index (κ2) is 11.1. The molecule has 0 aliphatic rings. The molecule has 1 aromatic rings. The second-order valence-corrected chi connectivity index (χ2v) is 2.35. The lowest BCUT2D eigenvalue weighted by molar-refractivity contribution is 0.267. The molecule has 13 heavy (non-hydrogen) atoms. The van der Waals surface area contributed by atoms with Crippen LogP contribution in [0.5, 0.6) is 0 Å². The molecular weight excluding hydrogens is 166 g/mol. The lowest BCUT2D eigenvalue weighted by atomic mass is 10.4. The molecule has 0 unspecified atom stereocenters. The minimum absolute atomic E-state index is 0.139. The summed E-state index contributed by atoms with van der Waals surface area (Å²) >= 11 is 0. The van der Waals surface area contributed by atoms with Gasteiger partial charge in [0.05, 0.1) is 13.2 Å². The second-order valence-electron chi connectivity index (χ2n) is 2.35. The van der Waals surface area contributed by atoms with Gasteiger partial charge < -0.3 is 15.5 Å². The molecule has 0 saturated heterocycles. The third kappa shape index (κ3) is 11.1. The van der Waals surface area contributed by atoms with Crippen LogP contribution in [-0.2, 0) is 0 Å². The van der Waals surface area contributed by atoms with Crippen LogP contribution in [0.1, 0.15) is 0 Å². The summed E-state index contributed by atoms with van der Waals surface area (Å²) in [5.41, 5.74) is 0. The molecule has 0 bridgehead atoms. The van der Waals surface area contributed by atoms with Gasteiger partial charge in [-0.25, -0.2) is 0 Å². The average Bonchev–Trinajstić information content (AvgIpc) is 2.22. The Morgan fingerprint density at radius 2 is 1.00 bits per heavy atom. The largest absolute Gasteiger partial charge is 0.395 e. The van der Waals surface area contributed by atoms with E-state index in [2.05, 4.69) is 5.32 Å². The summed E-state index contributed by atoms with van der Waals surface area (Å²) in [5, 5.41) is 19.1. The van der Waals surface area contributed by atoms with E-state index >= 15 is 0 Å². The first kappa shape index (κ1) is 12.1. The van der Waals surface area contributed by atoms with E-state index in [1.54, 1.807) is 0 Å². The molecule has 1 aromatic carbocycles. The summed E-state index contributed by atoms with van der Waals surface area (Å²) in [6.07, 6.45) is 0. The predicted molar refractivity (Wildman–Crippen MR) is 53.5 cm³/mol. The maximum atomic E-state index is 8.15. The van der Waals surface area contributed by atoms with Gasteiger partial charge >= 0.3 is 0 Å². The van der Waals surface area contributed by atoms with E-state index in [9.17, 15) is 0 Å². The molecule has 3 nitrogen and oxygen atoms in total. The van der Waals surface area contributed by atoms with Gasteiger partial charge in [0.15, 0.2) is 0 Å². The third-order valence-electron chi connectivity index (χ3n) is 1.24. The maximum absolute atomic E-state index is 8.15. The SMILES string of the molecule is OCCNCCO.c1ccccc1. The Balaban J connectivity index is 0.000000223. The van der Waals surface area contributed by atoms with Crippen LogP contribution in [0.15, 0.2) is 36.4 Å². The molecule has 0 aromatic heterocycles. The van der Waals surface area contributed by atoms with Crippen LogP contribution < -0.4 is 5.32 Å². The standard InChI is InChI=1S/C6H6.C4H11NO2/c1-2-4-6-5-3-1;6-3-1-5-2-4-7/h1-6H;5-7H,1-4H2. The first-order chi connectivity index (χ1) is 6.41. The van der Waals surface area contributed by atoms with Crippen LogP contribution in [0.2, 0.25) is 0 Å². The number of nitrogens with one attached hydrogen (secondary N) is 1. The number of aliphatic hydroxyl groups excluding tert-OH is 2. The van der Waals surface area contributed by atoms with E-state index in [-0.39, 0.29) is 13.2 Å². The van der Waals surface area contributed by atoms with Crippen LogP contribution in [0.3, 0.4) is 0 Å². The zero-order valence-corrected chi connectivity index (χ0v) is 7.69. The van der Waals surface area contributed by atoms with Gasteiger partial charge in [-0.05, 0) is 0 Å². The highest BCUT2D eigenvalue weighted by atomic mass is 16.3. The highest BCUT2D eigenvalue weighted by Crippen LogP contribution is 1.79. The van der Waals surface area contributed by atoms with Gasteiger partial charge in [0.1, 0.15) is 0 Å². The molecular formula is C10H17NO2. The summed E-state index contributed by atoms with van der Waals surface area (Å²) in [6, 6.07) is 12.0. The first-order valence-electron chi connectivity index (χ1n) is 4.34. The summed E-state index contributed by atoms with van der Waals surface area (Å²) < 4.78 is 0. The van der Waals surface area contributed by atoms with E-state index < -0.39 is 0 Å². The Hall–Kier alpha value is -0.900. The molecule has 0 spiro atoms. The molecule has 0 saturated carbocycles. The molecule has 0 aliphatic carbocycles. The van der Waals surface area contributed by atoms with Gasteiger partial charge in [-0.15, -0.1) is 0 Å². The van der Waals surface area contributed by atoms with Crippen molar-refractivity contribution in [3.8, 4) is 0 Å². The van der Waals surface area contributed by atoms with Crippen molar-refractivity contribution < 1.29 is 10.2 Å². The van der Waals surface area contributed by atoms with Crippen LogP contribution in [-0.4, -0.2) is 36.5 Å². The van der Waals surface area contributed by atoms with Crippen LogP contribution in [0, 0.1) is 0 Å². The fourth-order valence-corrected chi connectivity index (χ4v) is 0.668. The predicted octanol–water partition coefficient (Wildman–Crippen LogP) is 0.247. The van der Waals surface area contributed by atoms with Crippen molar-refractivity contribution in [1.82, 2.24) is 5.32 Å². The number of aliphatic hydroxyl groups is 2. The van der Waals surface area contributed by atoms with Crippen molar-refractivity contribution in [2.75, 3.05) is 26.3 Å². The Morgan fingerprint density at radius 1 is 0.692 bits per heavy atom. The average molecular weight is 183 g/mol. The zero-order valence-electron chi connectivity index (χ0n) is 7.69. The molecule has 0 radical (unpaired) electrons. The topological polar surface area (TPSA) is 52.5 Å². The summed E-state index contributed by atoms with van der Waals surface area (Å²) in [5.74, 6) is 0. The van der Waals surface area contributed by atoms with E-state index in [0.717, 1.165) is 0 Å². The van der Waals surface area contributed by atoms with Crippen molar-refractivity contribution in [2.45, 2.75) is 0 Å². The molecule has 0 amide bonds. The van der Waals surface area contributed by atoms with E-state index in [1.807, 2.05) is 36.4 Å². The molecule has 74 valence electrons. The number of hydrogen-bond acceptors (Lipinski definition) is 3. The Morgan fingerprint density at radius 3 is 1.23 bits per heavy atom. The van der Waals surface area contributed by atoms with E-state index in [1.165, 1.54) is 0 Å². The fourth-order valence-electron chi connectivity index (χ4n) is 0.668. The smallest absolute Gasteiger partial charge is 0.0555 e. The van der Waals surface area contributed by atoms with Crippen LogP contribution in [0.4, 0.5) is 0 Å². The van der Waals surface area contributed by atoms with E-state index in [4.69, 9.17) is 10.2 Å². The minimum atomic E-state index is 0.139. The van der Waals surface area contributed by atoms with Crippen LogP contribution in [0.25, 0.3) is 0 Å². The summed E-state index contributed by atoms with van der Waals surface area (Å²) in [7, 11) is 0. The lowest BCUT2D eigenvalue weighted by Crippen LogP contribution is -2.21. The highest BCUT2D eigenvalue weighted by Gasteiger charge is 1.78. The number of hydrogen-bond donors (Lipinski definition) is 3. The monoisotopic (exact) mass is 183 g/mol. The molecule has 3 N–H and O–H groups in total. The van der Waals surface area contributed by atoms with Gasteiger partial charge in [-0.2, -0.15) is 0 Å². The minimum Gasteiger partial charge on any atom is -0.395 e. The van der Waals surface area contributed by atoms with Gasteiger partial charge in [0, 0.05) is 13.1 Å². The third-order valence-corrected chi connectivity index (χ3v) is 1.24. The molecule has 1 rings (SSSR count). The lowest BCUT2D eigenvalue weighted by Gasteiger charge is -1.94. The van der Waals surface area contributed by atoms with Gasteiger partial charge in [-0.1, -0.05) is 36.4 Å². The quantitative estimate of drug-likeness (QED) is 0.586. The molecule has 3 heteroatoms. The Bertz CT molecular complexity index is 137. The number of benzene rings is 1. The van der Waals surface area contributed by atoms with Gasteiger partial charge in [0.2, 0.25) is 0 Å². The van der Waals surface area contributed by atoms with Gasteiger partial charge in [0.25, 0.3) is 0 Å². The number of rotatable bonds is 4. The van der Waals surface area contributed by atoms with Crippen molar-refractivity contribution in [2.24, 2.45) is 0 Å². The zero-order chi connectivity index (χ0) is 9.78.